The van der Waals surface area contributed by atoms with Crippen LogP contribution in [-0.4, -0.2) is 101 Å². The molecule has 0 aliphatic heterocycles. The number of hydrogen-bond donors (Lipinski definition) is 4. The summed E-state index contributed by atoms with van der Waals surface area (Å²) in [7, 11) is 3.38. The van der Waals surface area contributed by atoms with Gasteiger partial charge in [-0.2, -0.15) is 36.5 Å². The average Bonchev–Trinajstić information content (AvgIpc) is 3.75. The number of nitrogen functional groups attached to an aromatic ring is 1. The Kier molecular flexibility index (Phi) is 13.0. The summed E-state index contributed by atoms with van der Waals surface area (Å²) in [6.45, 7) is 6.27. The van der Waals surface area contributed by atoms with E-state index in [1.807, 2.05) is 39.0 Å². The molecule has 0 saturated heterocycles. The van der Waals surface area contributed by atoms with Crippen molar-refractivity contribution >= 4 is 46.3 Å². The number of fused-ring (bicyclic) bond motifs is 1. The lowest BCUT2D eigenvalue weighted by Crippen LogP contribution is -2.22. The number of ether oxygens (including phenoxy) is 1. The highest BCUT2D eigenvalue weighted by Gasteiger charge is 2.39. The molecule has 0 bridgehead atoms. The number of benzene rings is 1. The number of halogens is 7. The molecule has 4 aromatic heterocycles. The summed E-state index contributed by atoms with van der Waals surface area (Å²) in [5, 5.41) is 27.4. The van der Waals surface area contributed by atoms with Crippen LogP contribution in [0.3, 0.4) is 0 Å². The minimum absolute atomic E-state index is 0.178. The Balaban J connectivity index is 0.000000458. The van der Waals surface area contributed by atoms with E-state index in [2.05, 4.69) is 25.1 Å². The van der Waals surface area contributed by atoms with Gasteiger partial charge < -0.3 is 25.6 Å². The quantitative estimate of drug-likeness (QED) is 0.144. The van der Waals surface area contributed by atoms with Crippen molar-refractivity contribution in [2.45, 2.75) is 39.2 Å². The number of carbonyl (C=O) groups excluding carboxylic acids is 1. The number of amides is 1. The van der Waals surface area contributed by atoms with Crippen LogP contribution in [-0.2, 0) is 9.59 Å². The summed E-state index contributed by atoms with van der Waals surface area (Å²) in [5.74, 6) is -4.74. The maximum absolute atomic E-state index is 12.4. The molecule has 0 radical (unpaired) electrons. The van der Waals surface area contributed by atoms with E-state index in [1.165, 1.54) is 11.2 Å². The van der Waals surface area contributed by atoms with E-state index in [-0.39, 0.29) is 11.9 Å². The third-order valence-electron chi connectivity index (χ3n) is 7.03. The first-order valence-electron chi connectivity index (χ1n) is 14.8. The number of hydrogen-bond acceptors (Lipinski definition) is 10. The Morgan fingerprint density at radius 1 is 1.04 bits per heavy atom. The van der Waals surface area contributed by atoms with E-state index in [0.29, 0.717) is 51.3 Å². The van der Waals surface area contributed by atoms with Gasteiger partial charge in [-0.15, -0.1) is 0 Å². The van der Waals surface area contributed by atoms with Crippen LogP contribution in [0.15, 0.2) is 43.0 Å². The minimum Gasteiger partial charge on any atom is -0.493 e. The molecular formula is C31H30ClF6N9O6. The summed E-state index contributed by atoms with van der Waals surface area (Å²) in [4.78, 5) is 44.8. The number of aromatic nitrogens is 7. The minimum atomic E-state index is -5.08. The maximum Gasteiger partial charge on any atom is 0.490 e. The zero-order valence-electron chi connectivity index (χ0n) is 28.2. The first-order chi connectivity index (χ1) is 24.6. The zero-order valence-corrected chi connectivity index (χ0v) is 29.0. The van der Waals surface area contributed by atoms with Crippen molar-refractivity contribution in [1.82, 2.24) is 39.8 Å². The van der Waals surface area contributed by atoms with Gasteiger partial charge in [0.15, 0.2) is 5.65 Å². The smallest absolute Gasteiger partial charge is 0.490 e. The van der Waals surface area contributed by atoms with Crippen molar-refractivity contribution < 1.29 is 55.7 Å². The van der Waals surface area contributed by atoms with Crippen molar-refractivity contribution in [3.63, 3.8) is 0 Å². The number of carbonyl (C=O) groups is 3. The van der Waals surface area contributed by atoms with E-state index < -0.39 is 24.3 Å². The molecule has 1 unspecified atom stereocenters. The summed E-state index contributed by atoms with van der Waals surface area (Å²) < 4.78 is 71.5. The second-order valence-corrected chi connectivity index (χ2v) is 11.2. The van der Waals surface area contributed by atoms with E-state index in [1.54, 1.807) is 37.2 Å². The molecule has 5 aromatic rings. The van der Waals surface area contributed by atoms with Gasteiger partial charge in [0.25, 0.3) is 5.91 Å². The second kappa shape index (κ2) is 16.6. The fourth-order valence-corrected chi connectivity index (χ4v) is 4.78. The Bertz CT molecular complexity index is 2060. The van der Waals surface area contributed by atoms with Crippen molar-refractivity contribution in [1.29, 1.82) is 0 Å². The molecular weight excluding hydrogens is 744 g/mol. The molecule has 1 aromatic carbocycles. The number of nitrogens with zero attached hydrogens (tertiary/aromatic N) is 7. The van der Waals surface area contributed by atoms with Crippen LogP contribution in [0.5, 0.6) is 5.75 Å². The van der Waals surface area contributed by atoms with E-state index in [4.69, 9.17) is 47.0 Å². The average molecular weight is 774 g/mol. The highest BCUT2D eigenvalue weighted by atomic mass is 35.5. The molecule has 0 spiro atoms. The van der Waals surface area contributed by atoms with Crippen LogP contribution in [0.4, 0.5) is 32.2 Å². The number of rotatable bonds is 7. The van der Waals surface area contributed by atoms with E-state index in [0.717, 1.165) is 22.3 Å². The monoisotopic (exact) mass is 773 g/mol. The maximum atomic E-state index is 12.4. The van der Waals surface area contributed by atoms with Gasteiger partial charge >= 0.3 is 24.3 Å². The number of H-pyrrole nitrogens is 1. The first-order valence-corrected chi connectivity index (χ1v) is 15.2. The van der Waals surface area contributed by atoms with Gasteiger partial charge in [0.2, 0.25) is 0 Å². The van der Waals surface area contributed by atoms with Crippen LogP contribution in [0.1, 0.15) is 41.5 Å². The van der Waals surface area contributed by atoms with E-state index in [9.17, 15) is 31.1 Å². The predicted molar refractivity (Wildman–Crippen MR) is 177 cm³/mol. The Labute approximate surface area is 300 Å². The first kappa shape index (κ1) is 41.4. The van der Waals surface area contributed by atoms with Crippen molar-refractivity contribution in [3.05, 3.63) is 64.8 Å². The number of nitrogens with one attached hydrogen (secondary N) is 1. The Morgan fingerprint density at radius 3 is 2.11 bits per heavy atom. The van der Waals surface area contributed by atoms with E-state index >= 15 is 0 Å². The Morgan fingerprint density at radius 2 is 1.64 bits per heavy atom. The number of aliphatic carboxylic acids is 2. The van der Waals surface area contributed by atoms with Gasteiger partial charge in [-0.25, -0.2) is 24.2 Å². The van der Waals surface area contributed by atoms with Gasteiger partial charge in [0.05, 0.1) is 18.0 Å². The van der Waals surface area contributed by atoms with Crippen molar-refractivity contribution in [2.75, 3.05) is 26.4 Å². The summed E-state index contributed by atoms with van der Waals surface area (Å²) in [6, 6.07) is 6.89. The number of alkyl halides is 6. The SMILES string of the molecule is CCOc1c(C(C)n2nc(-c3cc[nH]n3)c3c(N)ncnc32)cc(Cl)c(C)c1-c1ccc(C(=O)N(C)C)nc1.O=C(O)C(F)(F)F.O=C(O)C(F)(F)F. The van der Waals surface area contributed by atoms with Crippen LogP contribution < -0.4 is 10.5 Å². The molecule has 0 saturated carbocycles. The van der Waals surface area contributed by atoms with Crippen molar-refractivity contribution in [2.24, 2.45) is 0 Å². The molecule has 15 nitrogen and oxygen atoms in total. The van der Waals surface area contributed by atoms with Crippen molar-refractivity contribution in [3.8, 4) is 28.3 Å². The highest BCUT2D eigenvalue weighted by molar-refractivity contribution is 6.32. The second-order valence-electron chi connectivity index (χ2n) is 10.8. The van der Waals surface area contributed by atoms with Gasteiger partial charge in [0, 0.05) is 48.2 Å². The molecule has 5 N–H and O–H groups in total. The fraction of sp³-hybridized carbons (Fsp3) is 0.290. The molecule has 22 heteroatoms. The molecule has 1 atom stereocenters. The largest absolute Gasteiger partial charge is 0.493 e. The van der Waals surface area contributed by atoms with Crippen LogP contribution in [0.2, 0.25) is 5.02 Å². The van der Waals surface area contributed by atoms with Gasteiger partial charge in [0.1, 0.15) is 35.0 Å². The number of nitrogens with two attached hydrogens (primary N) is 1. The third-order valence-corrected chi connectivity index (χ3v) is 7.43. The highest BCUT2D eigenvalue weighted by Crippen LogP contribution is 2.44. The van der Waals surface area contributed by atoms with Gasteiger partial charge in [-0.1, -0.05) is 17.7 Å². The zero-order chi connectivity index (χ0) is 40.0. The molecule has 0 fully saturated rings. The number of pyridine rings is 1. The predicted octanol–water partition coefficient (Wildman–Crippen LogP) is 5.80. The summed E-state index contributed by atoms with van der Waals surface area (Å²) in [5.41, 5.74) is 11.6. The molecule has 4 heterocycles. The lowest BCUT2D eigenvalue weighted by atomic mass is 9.94. The molecule has 284 valence electrons. The lowest BCUT2D eigenvalue weighted by molar-refractivity contribution is -0.193. The molecule has 0 aliphatic carbocycles. The van der Waals surface area contributed by atoms with Crippen LogP contribution in [0.25, 0.3) is 33.5 Å². The molecule has 0 aliphatic rings. The fourth-order valence-electron chi connectivity index (χ4n) is 4.57. The Hall–Kier alpha value is -5.99. The number of carboxylic acid groups (broad SMARTS) is 2. The van der Waals surface area contributed by atoms with Gasteiger partial charge in [-0.05, 0) is 44.5 Å². The van der Waals surface area contributed by atoms with Crippen LogP contribution in [0, 0.1) is 6.92 Å². The normalized spacial score (nSPS) is 11.8. The molecule has 5 rings (SSSR count). The third kappa shape index (κ3) is 9.67. The molecule has 1 amide bonds. The lowest BCUT2D eigenvalue weighted by Gasteiger charge is -2.23. The summed E-state index contributed by atoms with van der Waals surface area (Å²) in [6.07, 6.45) is -5.37. The standard InChI is InChI=1S/C27H28ClN9O2.2C2HF3O2/c1-6-39-24-17(11-18(28)14(2)21(24)16-7-8-20(30-12-16)27(38)36(4)5)15(3)37-26-22(25(29)31-13-32-26)23(35-37)19-9-10-33-34-19;2*3-2(4,5)1(6)7/h7-13,15H,6H2,1-5H3,(H,33,34)(H2,29,31,32);2*(H,6,7). The number of aromatic amines is 1. The number of carboxylic acids is 2. The van der Waals surface area contributed by atoms with Gasteiger partial charge in [-0.3, -0.25) is 14.9 Å². The van der Waals surface area contributed by atoms with Crippen LogP contribution >= 0.6 is 11.6 Å². The molecule has 53 heavy (non-hydrogen) atoms. The topological polar surface area (TPSA) is 215 Å². The number of anilines is 1. The summed E-state index contributed by atoms with van der Waals surface area (Å²) >= 11 is 6.80.